The van der Waals surface area contributed by atoms with Gasteiger partial charge in [-0.2, -0.15) is 0 Å². The van der Waals surface area contributed by atoms with E-state index in [1.807, 2.05) is 13.0 Å². The molecular formula is C14H18N2O5. The van der Waals surface area contributed by atoms with Gasteiger partial charge in [-0.05, 0) is 24.6 Å². The molecule has 0 saturated carbocycles. The number of hydrogen-bond donors (Lipinski definition) is 2. The van der Waals surface area contributed by atoms with Gasteiger partial charge >= 0.3 is 12.0 Å². The lowest BCUT2D eigenvalue weighted by molar-refractivity contribution is -0.154. The van der Waals surface area contributed by atoms with Crippen LogP contribution in [0.1, 0.15) is 5.56 Å². The average Bonchev–Trinajstić information content (AvgIpc) is 2.47. The number of aryl methyl sites for hydroxylation is 1. The van der Waals surface area contributed by atoms with Crippen LogP contribution in [0.4, 0.5) is 10.5 Å². The minimum Gasteiger partial charge on any atom is -0.495 e. The van der Waals surface area contributed by atoms with Crippen molar-refractivity contribution >= 4 is 17.7 Å². The van der Waals surface area contributed by atoms with E-state index < -0.39 is 12.1 Å². The fraction of sp³-hybridized carbons (Fsp3) is 0.429. The van der Waals surface area contributed by atoms with Crippen LogP contribution >= 0.6 is 0 Å². The maximum Gasteiger partial charge on any atom is 0.334 e. The van der Waals surface area contributed by atoms with Crippen LogP contribution in [0.3, 0.4) is 0 Å². The van der Waals surface area contributed by atoms with E-state index >= 15 is 0 Å². The van der Waals surface area contributed by atoms with Gasteiger partial charge in [0.05, 0.1) is 25.9 Å². The predicted octanol–water partition coefficient (Wildman–Crippen LogP) is 1.32. The lowest BCUT2D eigenvalue weighted by Crippen LogP contribution is -2.49. The monoisotopic (exact) mass is 294 g/mol. The van der Waals surface area contributed by atoms with Gasteiger partial charge in [0.1, 0.15) is 5.75 Å². The molecule has 1 aliphatic rings. The molecule has 1 heterocycles. The first-order valence-electron chi connectivity index (χ1n) is 6.56. The molecule has 114 valence electrons. The molecule has 1 unspecified atom stereocenters. The number of carbonyl (C=O) groups excluding carboxylic acids is 1. The number of carbonyl (C=O) groups is 2. The SMILES string of the molecule is COc1ccc(C)cc1NC(=O)N1CCOC(C(=O)O)C1. The number of ether oxygens (including phenoxy) is 2. The van der Waals surface area contributed by atoms with Gasteiger partial charge < -0.3 is 24.8 Å². The Bertz CT molecular complexity index is 546. The zero-order chi connectivity index (χ0) is 15.4. The van der Waals surface area contributed by atoms with E-state index in [0.717, 1.165) is 5.56 Å². The van der Waals surface area contributed by atoms with Gasteiger partial charge in [0.2, 0.25) is 0 Å². The summed E-state index contributed by atoms with van der Waals surface area (Å²) in [4.78, 5) is 24.6. The summed E-state index contributed by atoms with van der Waals surface area (Å²) in [5.74, 6) is -0.516. The van der Waals surface area contributed by atoms with Crippen molar-refractivity contribution < 1.29 is 24.2 Å². The number of urea groups is 1. The first kappa shape index (κ1) is 15.1. The van der Waals surface area contributed by atoms with Crippen LogP contribution in [0.15, 0.2) is 18.2 Å². The Labute approximate surface area is 122 Å². The van der Waals surface area contributed by atoms with E-state index in [4.69, 9.17) is 14.6 Å². The fourth-order valence-corrected chi connectivity index (χ4v) is 2.10. The Kier molecular flexibility index (Phi) is 4.64. The normalized spacial score (nSPS) is 18.2. The molecule has 0 bridgehead atoms. The zero-order valence-corrected chi connectivity index (χ0v) is 12.0. The molecule has 1 aromatic carbocycles. The second-order valence-corrected chi connectivity index (χ2v) is 4.78. The molecule has 2 N–H and O–H groups in total. The maximum atomic E-state index is 12.2. The summed E-state index contributed by atoms with van der Waals surface area (Å²) in [7, 11) is 1.52. The molecule has 7 nitrogen and oxygen atoms in total. The third-order valence-corrected chi connectivity index (χ3v) is 3.23. The second kappa shape index (κ2) is 6.45. The molecule has 1 fully saturated rings. The number of morpholine rings is 1. The number of methoxy groups -OCH3 is 1. The van der Waals surface area contributed by atoms with Crippen molar-refractivity contribution in [2.45, 2.75) is 13.0 Å². The molecule has 0 spiro atoms. The molecule has 0 aromatic heterocycles. The van der Waals surface area contributed by atoms with Gasteiger partial charge in [0.25, 0.3) is 0 Å². The molecule has 1 aliphatic heterocycles. The van der Waals surface area contributed by atoms with E-state index in [0.29, 0.717) is 18.0 Å². The zero-order valence-electron chi connectivity index (χ0n) is 12.0. The second-order valence-electron chi connectivity index (χ2n) is 4.78. The number of benzene rings is 1. The standard InChI is InChI=1S/C14H18N2O5/c1-9-3-4-11(20-2)10(7-9)15-14(19)16-5-6-21-12(8-16)13(17)18/h3-4,7,12H,5-6,8H2,1-2H3,(H,15,19)(H,17,18). The lowest BCUT2D eigenvalue weighted by Gasteiger charge is -2.31. The Balaban J connectivity index is 2.07. The van der Waals surface area contributed by atoms with Crippen molar-refractivity contribution in [2.75, 3.05) is 32.1 Å². The van der Waals surface area contributed by atoms with Gasteiger partial charge in [-0.3, -0.25) is 0 Å². The van der Waals surface area contributed by atoms with Gasteiger partial charge in [0.15, 0.2) is 6.10 Å². The molecule has 2 rings (SSSR count). The molecule has 7 heteroatoms. The summed E-state index contributed by atoms with van der Waals surface area (Å²) in [6.45, 7) is 2.48. The highest BCUT2D eigenvalue weighted by Gasteiger charge is 2.29. The summed E-state index contributed by atoms with van der Waals surface area (Å²) in [5, 5.41) is 11.7. The smallest absolute Gasteiger partial charge is 0.334 e. The van der Waals surface area contributed by atoms with Crippen LogP contribution < -0.4 is 10.1 Å². The van der Waals surface area contributed by atoms with Crippen LogP contribution in [-0.4, -0.2) is 54.9 Å². The summed E-state index contributed by atoms with van der Waals surface area (Å²) >= 11 is 0. The number of hydrogen-bond acceptors (Lipinski definition) is 4. The number of carboxylic acid groups (broad SMARTS) is 1. The summed E-state index contributed by atoms with van der Waals surface area (Å²) in [6, 6.07) is 5.08. The van der Waals surface area contributed by atoms with E-state index in [2.05, 4.69) is 5.32 Å². The Morgan fingerprint density at radius 2 is 2.24 bits per heavy atom. The van der Waals surface area contributed by atoms with E-state index in [1.165, 1.54) is 12.0 Å². The molecule has 21 heavy (non-hydrogen) atoms. The summed E-state index contributed by atoms with van der Waals surface area (Å²) in [5.41, 5.74) is 1.54. The van der Waals surface area contributed by atoms with Gasteiger partial charge in [-0.25, -0.2) is 9.59 Å². The van der Waals surface area contributed by atoms with Gasteiger partial charge in [0, 0.05) is 6.54 Å². The van der Waals surface area contributed by atoms with Crippen LogP contribution in [-0.2, 0) is 9.53 Å². The van der Waals surface area contributed by atoms with E-state index in [-0.39, 0.29) is 19.2 Å². The number of carboxylic acids is 1. The van der Waals surface area contributed by atoms with Crippen molar-refractivity contribution in [1.29, 1.82) is 0 Å². The van der Waals surface area contributed by atoms with Crippen molar-refractivity contribution in [1.82, 2.24) is 4.90 Å². The fourth-order valence-electron chi connectivity index (χ4n) is 2.10. The molecule has 0 radical (unpaired) electrons. The quantitative estimate of drug-likeness (QED) is 0.878. The minimum absolute atomic E-state index is 0.0231. The first-order valence-corrected chi connectivity index (χ1v) is 6.56. The van der Waals surface area contributed by atoms with Crippen LogP contribution in [0.25, 0.3) is 0 Å². The third-order valence-electron chi connectivity index (χ3n) is 3.23. The Hall–Kier alpha value is -2.28. The third kappa shape index (κ3) is 3.63. The molecule has 2 amide bonds. The van der Waals surface area contributed by atoms with Crippen molar-refractivity contribution in [3.63, 3.8) is 0 Å². The van der Waals surface area contributed by atoms with E-state index in [9.17, 15) is 9.59 Å². The highest BCUT2D eigenvalue weighted by molar-refractivity contribution is 5.91. The van der Waals surface area contributed by atoms with Crippen LogP contribution in [0, 0.1) is 6.92 Å². The number of nitrogens with zero attached hydrogens (tertiary/aromatic N) is 1. The highest BCUT2D eigenvalue weighted by atomic mass is 16.5. The predicted molar refractivity (Wildman–Crippen MR) is 75.7 cm³/mol. The van der Waals surface area contributed by atoms with Crippen molar-refractivity contribution in [3.05, 3.63) is 23.8 Å². The minimum atomic E-state index is -1.07. The van der Waals surface area contributed by atoms with Crippen LogP contribution in [0.5, 0.6) is 5.75 Å². The summed E-state index contributed by atoms with van der Waals surface area (Å²) in [6.07, 6.45) is -0.982. The number of rotatable bonds is 3. The van der Waals surface area contributed by atoms with Gasteiger partial charge in [-0.15, -0.1) is 0 Å². The molecule has 1 saturated heterocycles. The summed E-state index contributed by atoms with van der Waals surface area (Å²) < 4.78 is 10.3. The topological polar surface area (TPSA) is 88.1 Å². The number of nitrogens with one attached hydrogen (secondary N) is 1. The molecular weight excluding hydrogens is 276 g/mol. The molecule has 0 aliphatic carbocycles. The van der Waals surface area contributed by atoms with Gasteiger partial charge in [-0.1, -0.05) is 6.07 Å². The number of aliphatic carboxylic acids is 1. The maximum absolute atomic E-state index is 12.2. The Morgan fingerprint density at radius 1 is 1.48 bits per heavy atom. The molecule has 1 aromatic rings. The Morgan fingerprint density at radius 3 is 2.90 bits per heavy atom. The van der Waals surface area contributed by atoms with Crippen molar-refractivity contribution in [3.8, 4) is 5.75 Å². The number of amides is 2. The molecule has 1 atom stereocenters. The average molecular weight is 294 g/mol. The number of anilines is 1. The lowest BCUT2D eigenvalue weighted by atomic mass is 10.2. The highest BCUT2D eigenvalue weighted by Crippen LogP contribution is 2.25. The van der Waals surface area contributed by atoms with Crippen molar-refractivity contribution in [2.24, 2.45) is 0 Å². The van der Waals surface area contributed by atoms with E-state index in [1.54, 1.807) is 12.1 Å². The first-order chi connectivity index (χ1) is 10.0. The largest absolute Gasteiger partial charge is 0.495 e. The van der Waals surface area contributed by atoms with Crippen LogP contribution in [0.2, 0.25) is 0 Å².